The molecule has 2 nitrogen and oxygen atoms in total. The summed E-state index contributed by atoms with van der Waals surface area (Å²) in [4.78, 5) is 3.43. The number of rotatable bonds is 0. The van der Waals surface area contributed by atoms with Crippen molar-refractivity contribution >= 4 is 39.8 Å². The normalized spacial score (nSPS) is 12.2. The van der Waals surface area contributed by atoms with Gasteiger partial charge in [0.05, 0.1) is 15.6 Å². The largest absolute Gasteiger partial charge is 0.433 e. The van der Waals surface area contributed by atoms with Gasteiger partial charge in [-0.2, -0.15) is 13.2 Å². The van der Waals surface area contributed by atoms with Crippen LogP contribution in [0.1, 0.15) is 11.3 Å². The molecule has 19 heavy (non-hydrogen) atoms. The number of anilines is 1. The highest BCUT2D eigenvalue weighted by Crippen LogP contribution is 2.40. The van der Waals surface area contributed by atoms with Crippen molar-refractivity contribution in [1.29, 1.82) is 0 Å². The van der Waals surface area contributed by atoms with Gasteiger partial charge in [-0.25, -0.2) is 9.37 Å². The number of halogens is 6. The quantitative estimate of drug-likeness (QED) is 0.571. The number of benzene rings is 1. The van der Waals surface area contributed by atoms with Gasteiger partial charge in [0.2, 0.25) is 0 Å². The van der Waals surface area contributed by atoms with Crippen LogP contribution in [0.25, 0.3) is 10.9 Å². The van der Waals surface area contributed by atoms with E-state index in [0.717, 1.165) is 13.0 Å². The lowest BCUT2D eigenvalue weighted by atomic mass is 10.1. The van der Waals surface area contributed by atoms with Crippen molar-refractivity contribution in [3.05, 3.63) is 33.2 Å². The number of aromatic nitrogens is 1. The summed E-state index contributed by atoms with van der Waals surface area (Å²) in [6.45, 7) is 1.15. The third kappa shape index (κ3) is 2.19. The number of hydrogen-bond donors (Lipinski definition) is 1. The van der Waals surface area contributed by atoms with Crippen molar-refractivity contribution < 1.29 is 17.6 Å². The zero-order valence-electron chi connectivity index (χ0n) is 9.37. The van der Waals surface area contributed by atoms with Crippen molar-refractivity contribution in [1.82, 2.24) is 4.98 Å². The molecular weight excluding hydrogens is 307 g/mol. The molecule has 1 aromatic heterocycles. The molecule has 0 saturated heterocycles. The first-order valence-corrected chi connectivity index (χ1v) is 5.70. The van der Waals surface area contributed by atoms with Crippen molar-refractivity contribution in [3.8, 4) is 0 Å². The van der Waals surface area contributed by atoms with E-state index in [4.69, 9.17) is 28.9 Å². The second-order valence-electron chi connectivity index (χ2n) is 3.88. The molecule has 0 saturated carbocycles. The van der Waals surface area contributed by atoms with E-state index in [-0.39, 0.29) is 22.2 Å². The molecule has 2 N–H and O–H groups in total. The van der Waals surface area contributed by atoms with Gasteiger partial charge < -0.3 is 5.73 Å². The number of nitrogens with two attached hydrogens (primary N) is 1. The molecule has 0 unspecified atom stereocenters. The van der Waals surface area contributed by atoms with Crippen molar-refractivity contribution in [2.45, 2.75) is 13.1 Å². The molecule has 0 aliphatic rings. The molecule has 8 heteroatoms. The van der Waals surface area contributed by atoms with Crippen LogP contribution in [0.3, 0.4) is 0 Å². The minimum Gasteiger partial charge on any atom is -0.398 e. The van der Waals surface area contributed by atoms with Gasteiger partial charge in [-0.1, -0.05) is 23.2 Å². The Morgan fingerprint density at radius 2 is 1.84 bits per heavy atom. The molecule has 0 fully saturated rings. The number of hydrogen-bond acceptors (Lipinski definition) is 2. The molecule has 0 atom stereocenters. The van der Waals surface area contributed by atoms with Crippen LogP contribution in [0.4, 0.5) is 23.2 Å². The molecular formula is C11H6Cl2F4N2. The van der Waals surface area contributed by atoms with E-state index in [9.17, 15) is 17.6 Å². The average Bonchev–Trinajstić information content (AvgIpc) is 2.29. The van der Waals surface area contributed by atoms with Crippen LogP contribution < -0.4 is 5.73 Å². The van der Waals surface area contributed by atoms with Crippen LogP contribution in [0.5, 0.6) is 0 Å². The van der Waals surface area contributed by atoms with Crippen LogP contribution in [0.2, 0.25) is 10.0 Å². The first kappa shape index (κ1) is 14.1. The van der Waals surface area contributed by atoms with Crippen LogP contribution in [-0.4, -0.2) is 4.98 Å². The maximum atomic E-state index is 13.5. The Balaban J connectivity index is 2.97. The summed E-state index contributed by atoms with van der Waals surface area (Å²) in [5, 5.41) is -0.931. The average molecular weight is 313 g/mol. The SMILES string of the molecule is Cc1c(C(F)(F)F)nc2cc(Cl)c(F)c(Cl)c2c1N. The molecule has 0 aliphatic carbocycles. The lowest BCUT2D eigenvalue weighted by Crippen LogP contribution is -2.13. The van der Waals surface area contributed by atoms with Crippen molar-refractivity contribution in [2.24, 2.45) is 0 Å². The number of nitrogens with zero attached hydrogens (tertiary/aromatic N) is 1. The topological polar surface area (TPSA) is 38.9 Å². The number of fused-ring (bicyclic) bond motifs is 1. The van der Waals surface area contributed by atoms with Crippen molar-refractivity contribution in [3.63, 3.8) is 0 Å². The van der Waals surface area contributed by atoms with Crippen LogP contribution >= 0.6 is 23.2 Å². The standard InChI is InChI=1S/C11H6Cl2F4N2/c1-3-9(18)6-5(19-10(3)11(15,16)17)2-4(12)8(14)7(6)13/h2H,1H3,(H2,18,19). The predicted octanol–water partition coefficient (Wildman–Crippen LogP) is 4.59. The summed E-state index contributed by atoms with van der Waals surface area (Å²) in [7, 11) is 0. The fraction of sp³-hybridized carbons (Fsp3) is 0.182. The Labute approximate surface area is 115 Å². The highest BCUT2D eigenvalue weighted by molar-refractivity contribution is 6.39. The van der Waals surface area contributed by atoms with Gasteiger partial charge in [-0.3, -0.25) is 0 Å². The number of alkyl halides is 3. The first-order valence-electron chi connectivity index (χ1n) is 4.95. The van der Waals surface area contributed by atoms with Crippen LogP contribution in [0, 0.1) is 12.7 Å². The smallest absolute Gasteiger partial charge is 0.398 e. The van der Waals surface area contributed by atoms with Gasteiger partial charge in [-0.05, 0) is 13.0 Å². The van der Waals surface area contributed by atoms with Gasteiger partial charge in [0, 0.05) is 16.6 Å². The minimum absolute atomic E-state index is 0.0749. The molecule has 0 bridgehead atoms. The lowest BCUT2D eigenvalue weighted by Gasteiger charge is -2.15. The molecule has 102 valence electrons. The Kier molecular flexibility index (Phi) is 3.26. The zero-order valence-corrected chi connectivity index (χ0v) is 10.9. The lowest BCUT2D eigenvalue weighted by molar-refractivity contribution is -0.141. The summed E-state index contributed by atoms with van der Waals surface area (Å²) >= 11 is 11.2. The first-order chi connectivity index (χ1) is 8.64. The van der Waals surface area contributed by atoms with Gasteiger partial charge in [0.1, 0.15) is 5.69 Å². The van der Waals surface area contributed by atoms with E-state index >= 15 is 0 Å². The monoisotopic (exact) mass is 312 g/mol. The van der Waals surface area contributed by atoms with E-state index in [1.807, 2.05) is 0 Å². The molecule has 2 aromatic rings. The minimum atomic E-state index is -4.67. The highest BCUT2D eigenvalue weighted by Gasteiger charge is 2.36. The fourth-order valence-corrected chi connectivity index (χ4v) is 2.27. The Hall–Kier alpha value is -1.27. The van der Waals surface area contributed by atoms with E-state index in [1.54, 1.807) is 0 Å². The van der Waals surface area contributed by atoms with Gasteiger partial charge in [0.25, 0.3) is 0 Å². The molecule has 2 rings (SSSR count). The van der Waals surface area contributed by atoms with E-state index in [0.29, 0.717) is 0 Å². The summed E-state index contributed by atoms with van der Waals surface area (Å²) in [5.74, 6) is -0.941. The fourth-order valence-electron chi connectivity index (χ4n) is 1.72. The summed E-state index contributed by atoms with van der Waals surface area (Å²) in [5.41, 5.74) is 3.69. The summed E-state index contributed by atoms with van der Waals surface area (Å²) in [6, 6.07) is 0.961. The third-order valence-electron chi connectivity index (χ3n) is 2.67. The molecule has 0 amide bonds. The highest BCUT2D eigenvalue weighted by atomic mass is 35.5. The Bertz CT molecular complexity index is 683. The number of nitrogen functional groups attached to an aromatic ring is 1. The van der Waals surface area contributed by atoms with E-state index < -0.39 is 27.7 Å². The van der Waals surface area contributed by atoms with Crippen LogP contribution in [-0.2, 0) is 6.18 Å². The molecule has 1 aromatic carbocycles. The van der Waals surface area contributed by atoms with Crippen molar-refractivity contribution in [2.75, 3.05) is 5.73 Å². The maximum Gasteiger partial charge on any atom is 0.433 e. The Morgan fingerprint density at radius 1 is 1.26 bits per heavy atom. The molecule has 1 heterocycles. The predicted molar refractivity (Wildman–Crippen MR) is 65.9 cm³/mol. The second kappa shape index (κ2) is 4.38. The number of pyridine rings is 1. The summed E-state index contributed by atoms with van der Waals surface area (Å²) < 4.78 is 51.9. The molecule has 0 spiro atoms. The van der Waals surface area contributed by atoms with Gasteiger partial charge in [-0.15, -0.1) is 0 Å². The Morgan fingerprint density at radius 3 is 2.37 bits per heavy atom. The summed E-state index contributed by atoms with van der Waals surface area (Å²) in [6.07, 6.45) is -4.67. The van der Waals surface area contributed by atoms with Crippen LogP contribution in [0.15, 0.2) is 6.07 Å². The van der Waals surface area contributed by atoms with Gasteiger partial charge >= 0.3 is 6.18 Å². The molecule has 0 radical (unpaired) electrons. The second-order valence-corrected chi connectivity index (χ2v) is 4.66. The maximum absolute atomic E-state index is 13.5. The van der Waals surface area contributed by atoms with E-state index in [1.165, 1.54) is 0 Å². The third-order valence-corrected chi connectivity index (χ3v) is 3.30. The zero-order chi connectivity index (χ0) is 14.5. The molecule has 0 aliphatic heterocycles. The van der Waals surface area contributed by atoms with E-state index in [2.05, 4.69) is 4.98 Å². The van der Waals surface area contributed by atoms with Gasteiger partial charge in [0.15, 0.2) is 5.82 Å².